The highest BCUT2D eigenvalue weighted by Gasteiger charge is 2.23. The van der Waals surface area contributed by atoms with Gasteiger partial charge in [0, 0.05) is 7.05 Å². The number of nitrogens with zero attached hydrogens (tertiary/aromatic N) is 2. The highest BCUT2D eigenvalue weighted by atomic mass is 19.1. The molecule has 0 aliphatic carbocycles. The van der Waals surface area contributed by atoms with Gasteiger partial charge in [-0.2, -0.15) is 5.26 Å². The minimum Gasteiger partial charge on any atom is -0.334 e. The number of halogens is 1. The van der Waals surface area contributed by atoms with Crippen LogP contribution in [0.5, 0.6) is 0 Å². The predicted molar refractivity (Wildman–Crippen MR) is 108 cm³/mol. The van der Waals surface area contributed by atoms with Gasteiger partial charge in [0.25, 0.3) is 5.91 Å². The van der Waals surface area contributed by atoms with Gasteiger partial charge in [-0.05, 0) is 35.8 Å². The third-order valence-corrected chi connectivity index (χ3v) is 4.07. The zero-order valence-electron chi connectivity index (χ0n) is 16.4. The van der Waals surface area contributed by atoms with Crippen molar-refractivity contribution in [1.29, 1.82) is 5.26 Å². The summed E-state index contributed by atoms with van der Waals surface area (Å²) in [5.74, 6) is -0.694. The maximum absolute atomic E-state index is 13.0. The Labute approximate surface area is 161 Å². The highest BCUT2D eigenvalue weighted by molar-refractivity contribution is 6.01. The van der Waals surface area contributed by atoms with Crippen LogP contribution < -0.4 is 0 Å². The lowest BCUT2D eigenvalue weighted by atomic mass is 10.00. The van der Waals surface area contributed by atoms with Gasteiger partial charge in [0.05, 0.1) is 6.04 Å². The summed E-state index contributed by atoms with van der Waals surface area (Å²) in [4.78, 5) is 14.4. The van der Waals surface area contributed by atoms with E-state index in [1.165, 1.54) is 18.2 Å². The second kappa shape index (κ2) is 11.6. The van der Waals surface area contributed by atoms with Crippen LogP contribution in [0.25, 0.3) is 6.08 Å². The van der Waals surface area contributed by atoms with Gasteiger partial charge in [-0.1, -0.05) is 69.7 Å². The summed E-state index contributed by atoms with van der Waals surface area (Å²) in [7, 11) is 1.71. The second-order valence-corrected chi connectivity index (χ2v) is 5.85. The molecule has 0 saturated carbocycles. The van der Waals surface area contributed by atoms with Crippen LogP contribution in [-0.2, 0) is 4.79 Å². The molecule has 2 rings (SSSR count). The quantitative estimate of drug-likeness (QED) is 0.482. The van der Waals surface area contributed by atoms with Gasteiger partial charge in [0.2, 0.25) is 0 Å². The summed E-state index contributed by atoms with van der Waals surface area (Å²) < 4.78 is 13.0. The highest BCUT2D eigenvalue weighted by Crippen LogP contribution is 2.26. The molecule has 0 aromatic heterocycles. The van der Waals surface area contributed by atoms with Gasteiger partial charge in [0.15, 0.2) is 0 Å². The number of amides is 1. The van der Waals surface area contributed by atoms with Gasteiger partial charge in [0.1, 0.15) is 17.5 Å². The number of hydrogen-bond acceptors (Lipinski definition) is 2. The number of hydrogen-bond donors (Lipinski definition) is 0. The summed E-state index contributed by atoms with van der Waals surface area (Å²) in [5.41, 5.74) is 1.69. The van der Waals surface area contributed by atoms with Crippen LogP contribution in [0, 0.1) is 17.1 Å². The van der Waals surface area contributed by atoms with E-state index in [0.717, 1.165) is 18.4 Å². The third kappa shape index (κ3) is 6.38. The van der Waals surface area contributed by atoms with Crippen molar-refractivity contribution in [2.24, 2.45) is 0 Å². The molecule has 0 aliphatic heterocycles. The van der Waals surface area contributed by atoms with E-state index >= 15 is 0 Å². The van der Waals surface area contributed by atoms with E-state index in [1.807, 2.05) is 50.2 Å². The first-order valence-electron chi connectivity index (χ1n) is 9.26. The molecule has 0 bridgehead atoms. The Morgan fingerprint density at radius 1 is 1.15 bits per heavy atom. The van der Waals surface area contributed by atoms with E-state index in [9.17, 15) is 14.4 Å². The first-order chi connectivity index (χ1) is 13.1. The number of carbonyl (C=O) groups is 1. The molecule has 0 spiro atoms. The molecule has 0 saturated heterocycles. The van der Waals surface area contributed by atoms with E-state index in [4.69, 9.17) is 0 Å². The van der Waals surface area contributed by atoms with Crippen molar-refractivity contribution in [2.45, 2.75) is 39.7 Å². The molecule has 27 heavy (non-hydrogen) atoms. The fraction of sp³-hybridized carbons (Fsp3) is 0.304. The maximum atomic E-state index is 13.0. The maximum Gasteiger partial charge on any atom is 0.264 e. The molecular formula is C23H27FN2O. The van der Waals surface area contributed by atoms with Crippen molar-refractivity contribution in [3.05, 3.63) is 77.1 Å². The topological polar surface area (TPSA) is 44.1 Å². The Kier molecular flexibility index (Phi) is 9.53. The molecule has 142 valence electrons. The number of benzene rings is 2. The number of carbonyl (C=O) groups excluding carboxylic acids is 1. The average Bonchev–Trinajstić information content (AvgIpc) is 2.72. The Hall–Kier alpha value is -2.93. The molecule has 1 amide bonds. The Balaban J connectivity index is 0.00000176. The first-order valence-corrected chi connectivity index (χ1v) is 9.26. The number of likely N-dealkylation sites (N-methyl/N-ethyl adjacent to an activating group) is 1. The van der Waals surface area contributed by atoms with Gasteiger partial charge < -0.3 is 4.90 Å². The lowest BCUT2D eigenvalue weighted by molar-refractivity contribution is -0.127. The summed E-state index contributed by atoms with van der Waals surface area (Å²) in [6, 6.07) is 17.4. The normalized spacial score (nSPS) is 11.6. The molecule has 3 nitrogen and oxygen atoms in total. The van der Waals surface area contributed by atoms with E-state index in [1.54, 1.807) is 24.1 Å². The van der Waals surface area contributed by atoms with E-state index in [-0.39, 0.29) is 23.3 Å². The lowest BCUT2D eigenvalue weighted by Crippen LogP contribution is -2.32. The van der Waals surface area contributed by atoms with Crippen LogP contribution in [0.4, 0.5) is 4.39 Å². The van der Waals surface area contributed by atoms with Gasteiger partial charge >= 0.3 is 0 Å². The predicted octanol–water partition coefficient (Wildman–Crippen LogP) is 5.76. The summed E-state index contributed by atoms with van der Waals surface area (Å²) in [6.45, 7) is 6.06. The van der Waals surface area contributed by atoms with Crippen molar-refractivity contribution < 1.29 is 9.18 Å². The van der Waals surface area contributed by atoms with E-state index in [2.05, 4.69) is 6.92 Å². The monoisotopic (exact) mass is 366 g/mol. The van der Waals surface area contributed by atoms with Crippen molar-refractivity contribution in [1.82, 2.24) is 4.90 Å². The minimum absolute atomic E-state index is 0.0335. The zero-order chi connectivity index (χ0) is 20.2. The summed E-state index contributed by atoms with van der Waals surface area (Å²) in [5, 5.41) is 9.40. The molecule has 0 fully saturated rings. The largest absolute Gasteiger partial charge is 0.334 e. The van der Waals surface area contributed by atoms with Crippen LogP contribution in [0.1, 0.15) is 50.8 Å². The van der Waals surface area contributed by atoms with E-state index in [0.29, 0.717) is 5.56 Å². The molecule has 1 unspecified atom stereocenters. The Morgan fingerprint density at radius 3 is 2.26 bits per heavy atom. The molecule has 0 aliphatic rings. The molecule has 0 heterocycles. The smallest absolute Gasteiger partial charge is 0.264 e. The summed E-state index contributed by atoms with van der Waals surface area (Å²) >= 11 is 0. The second-order valence-electron chi connectivity index (χ2n) is 5.85. The standard InChI is InChI=1S/C21H21FN2O.C2H6/c1-3-7-20(17-8-5-4-6-9-17)24(2)21(25)18(15-23)14-16-10-12-19(22)13-11-16;1-2/h4-6,8-14,20H,3,7H2,1-2H3;1-2H3/b18-14+;. The first kappa shape index (κ1) is 22.1. The van der Waals surface area contributed by atoms with Crippen molar-refractivity contribution in [3.8, 4) is 6.07 Å². The molecule has 1 atom stereocenters. The average molecular weight is 366 g/mol. The lowest BCUT2D eigenvalue weighted by Gasteiger charge is -2.28. The summed E-state index contributed by atoms with van der Waals surface area (Å²) in [6.07, 6.45) is 3.22. The zero-order valence-corrected chi connectivity index (χ0v) is 16.4. The van der Waals surface area contributed by atoms with Crippen LogP contribution >= 0.6 is 0 Å². The third-order valence-electron chi connectivity index (χ3n) is 4.07. The van der Waals surface area contributed by atoms with Crippen molar-refractivity contribution in [3.63, 3.8) is 0 Å². The molecule has 2 aromatic rings. The van der Waals surface area contributed by atoms with Crippen LogP contribution in [0.3, 0.4) is 0 Å². The fourth-order valence-electron chi connectivity index (χ4n) is 2.73. The van der Waals surface area contributed by atoms with Crippen LogP contribution in [0.15, 0.2) is 60.2 Å². The molecule has 2 aromatic carbocycles. The number of rotatable bonds is 6. The van der Waals surface area contributed by atoms with Gasteiger partial charge in [-0.3, -0.25) is 4.79 Å². The van der Waals surface area contributed by atoms with Crippen molar-refractivity contribution >= 4 is 12.0 Å². The van der Waals surface area contributed by atoms with Crippen LogP contribution in [-0.4, -0.2) is 17.9 Å². The molecule has 0 radical (unpaired) electrons. The van der Waals surface area contributed by atoms with Crippen LogP contribution in [0.2, 0.25) is 0 Å². The van der Waals surface area contributed by atoms with Gasteiger partial charge in [-0.25, -0.2) is 4.39 Å². The van der Waals surface area contributed by atoms with Crippen molar-refractivity contribution in [2.75, 3.05) is 7.05 Å². The SMILES string of the molecule is CC.CCCC(c1ccccc1)N(C)C(=O)/C(C#N)=C/c1ccc(F)cc1. The minimum atomic E-state index is -0.355. The molecular weight excluding hydrogens is 339 g/mol. The fourth-order valence-corrected chi connectivity index (χ4v) is 2.73. The Bertz CT molecular complexity index is 776. The molecule has 0 N–H and O–H groups in total. The molecule has 4 heteroatoms. The van der Waals surface area contributed by atoms with Gasteiger partial charge in [-0.15, -0.1) is 0 Å². The Morgan fingerprint density at radius 2 is 1.74 bits per heavy atom. The van der Waals surface area contributed by atoms with E-state index < -0.39 is 0 Å². The number of nitriles is 1.